The van der Waals surface area contributed by atoms with Crippen LogP contribution in [0.4, 0.5) is 5.95 Å². The number of nitrogen functional groups attached to an aromatic ring is 1. The van der Waals surface area contributed by atoms with Crippen molar-refractivity contribution in [3.8, 4) is 10.6 Å². The Labute approximate surface area is 106 Å². The summed E-state index contributed by atoms with van der Waals surface area (Å²) < 4.78 is 2.42. The maximum absolute atomic E-state index is 5.93. The molecular weight excluding hydrogens is 258 g/mol. The summed E-state index contributed by atoms with van der Waals surface area (Å²) >= 11 is 7.40. The van der Waals surface area contributed by atoms with E-state index in [1.54, 1.807) is 10.9 Å². The summed E-state index contributed by atoms with van der Waals surface area (Å²) in [5.74, 6) is 0.247. The van der Waals surface area contributed by atoms with Crippen molar-refractivity contribution in [1.29, 1.82) is 0 Å². The van der Waals surface area contributed by atoms with Crippen LogP contribution < -0.4 is 5.73 Å². The molecule has 0 aliphatic heterocycles. The van der Waals surface area contributed by atoms with Gasteiger partial charge in [0.2, 0.25) is 5.95 Å². The second kappa shape index (κ2) is 3.68. The van der Waals surface area contributed by atoms with E-state index < -0.39 is 0 Å². The number of aromatic nitrogens is 4. The number of nitrogens with two attached hydrogens (primary N) is 1. The molecule has 0 spiro atoms. The summed E-state index contributed by atoms with van der Waals surface area (Å²) in [5, 5.41) is 5.30. The van der Waals surface area contributed by atoms with Crippen LogP contribution >= 0.6 is 22.9 Å². The number of halogens is 1. The van der Waals surface area contributed by atoms with Crippen molar-refractivity contribution in [2.24, 2.45) is 7.05 Å². The van der Waals surface area contributed by atoms with Gasteiger partial charge in [-0.1, -0.05) is 11.6 Å². The van der Waals surface area contributed by atoms with Crippen LogP contribution in [-0.2, 0) is 7.05 Å². The number of anilines is 1. The predicted octanol–water partition coefficient (Wildman–Crippen LogP) is 2.33. The summed E-state index contributed by atoms with van der Waals surface area (Å²) in [6.45, 7) is 0. The highest BCUT2D eigenvalue weighted by Crippen LogP contribution is 2.33. The molecular formula is C10H8ClN5S. The van der Waals surface area contributed by atoms with E-state index in [0.29, 0.717) is 0 Å². The zero-order valence-electron chi connectivity index (χ0n) is 8.88. The van der Waals surface area contributed by atoms with Gasteiger partial charge in [0.25, 0.3) is 0 Å². The van der Waals surface area contributed by atoms with Crippen LogP contribution in [0.2, 0.25) is 4.34 Å². The smallest absolute Gasteiger partial charge is 0.222 e. The zero-order valence-corrected chi connectivity index (χ0v) is 10.5. The molecule has 0 saturated heterocycles. The van der Waals surface area contributed by atoms with Gasteiger partial charge in [0.1, 0.15) is 5.69 Å². The molecule has 0 fully saturated rings. The van der Waals surface area contributed by atoms with Crippen LogP contribution in [-0.4, -0.2) is 19.7 Å². The summed E-state index contributed by atoms with van der Waals surface area (Å²) in [6, 6.07) is 3.78. The second-order valence-corrected chi connectivity index (χ2v) is 5.26. The minimum Gasteiger partial charge on any atom is -0.368 e. The minimum atomic E-state index is 0.247. The second-order valence-electron chi connectivity index (χ2n) is 3.54. The molecule has 86 valence electrons. The van der Waals surface area contributed by atoms with E-state index in [0.717, 1.165) is 25.9 Å². The summed E-state index contributed by atoms with van der Waals surface area (Å²) in [6.07, 6.45) is 1.69. The van der Waals surface area contributed by atoms with Gasteiger partial charge in [0.05, 0.1) is 14.6 Å². The van der Waals surface area contributed by atoms with E-state index in [9.17, 15) is 0 Å². The predicted molar refractivity (Wildman–Crippen MR) is 69.0 cm³/mol. The molecule has 3 heterocycles. The third-order valence-electron chi connectivity index (χ3n) is 2.41. The molecule has 3 rings (SSSR count). The Bertz CT molecular complexity index is 702. The molecule has 5 nitrogen and oxygen atoms in total. The van der Waals surface area contributed by atoms with Crippen molar-refractivity contribution in [1.82, 2.24) is 19.7 Å². The molecule has 3 aromatic heterocycles. The molecule has 0 atom stereocenters. The maximum atomic E-state index is 5.93. The summed E-state index contributed by atoms with van der Waals surface area (Å²) in [5.41, 5.74) is 7.12. The van der Waals surface area contributed by atoms with Crippen LogP contribution in [0.25, 0.3) is 21.6 Å². The molecule has 0 amide bonds. The molecule has 0 radical (unpaired) electrons. The molecule has 0 bridgehead atoms. The fourth-order valence-electron chi connectivity index (χ4n) is 1.67. The van der Waals surface area contributed by atoms with Crippen molar-refractivity contribution in [3.05, 3.63) is 22.7 Å². The Balaban J connectivity index is 2.31. The molecule has 7 heteroatoms. The lowest BCUT2D eigenvalue weighted by molar-refractivity contribution is 0.790. The van der Waals surface area contributed by atoms with E-state index in [1.165, 1.54) is 11.3 Å². The molecule has 3 aromatic rings. The third kappa shape index (κ3) is 1.65. The topological polar surface area (TPSA) is 69.6 Å². The standard InChI is InChI=1S/C10H8ClN5S/c1-16-9-5(4-13-10(12)14-9)8(15-16)6-2-3-7(11)17-6/h2-4H,1H3,(H2,12,13,14). The highest BCUT2D eigenvalue weighted by Gasteiger charge is 2.14. The van der Waals surface area contributed by atoms with Gasteiger partial charge in [-0.2, -0.15) is 10.1 Å². The van der Waals surface area contributed by atoms with Crippen LogP contribution in [0.3, 0.4) is 0 Å². The fraction of sp³-hybridized carbons (Fsp3) is 0.100. The Morgan fingerprint density at radius 3 is 2.94 bits per heavy atom. The van der Waals surface area contributed by atoms with Gasteiger partial charge >= 0.3 is 0 Å². The number of rotatable bonds is 1. The Morgan fingerprint density at radius 1 is 1.41 bits per heavy atom. The van der Waals surface area contributed by atoms with Crippen molar-refractivity contribution < 1.29 is 0 Å². The first-order valence-electron chi connectivity index (χ1n) is 4.86. The number of aryl methyl sites for hydroxylation is 1. The first-order valence-corrected chi connectivity index (χ1v) is 6.05. The van der Waals surface area contributed by atoms with E-state index in [4.69, 9.17) is 17.3 Å². The fourth-order valence-corrected chi connectivity index (χ4v) is 2.72. The van der Waals surface area contributed by atoms with E-state index >= 15 is 0 Å². The van der Waals surface area contributed by atoms with Gasteiger partial charge < -0.3 is 5.73 Å². The lowest BCUT2D eigenvalue weighted by atomic mass is 10.2. The van der Waals surface area contributed by atoms with Crippen molar-refractivity contribution in [3.63, 3.8) is 0 Å². The third-order valence-corrected chi connectivity index (χ3v) is 3.64. The van der Waals surface area contributed by atoms with Gasteiger partial charge in [-0.15, -0.1) is 11.3 Å². The Kier molecular flexibility index (Phi) is 2.27. The number of hydrogen-bond donors (Lipinski definition) is 1. The van der Waals surface area contributed by atoms with Gasteiger partial charge in [0, 0.05) is 13.2 Å². The van der Waals surface area contributed by atoms with E-state index in [2.05, 4.69) is 15.1 Å². The SMILES string of the molecule is Cn1nc(-c2ccc(Cl)s2)c2cnc(N)nc21. The number of hydrogen-bond acceptors (Lipinski definition) is 5. The number of nitrogens with zero attached hydrogens (tertiary/aromatic N) is 4. The minimum absolute atomic E-state index is 0.247. The largest absolute Gasteiger partial charge is 0.368 e. The van der Waals surface area contributed by atoms with Crippen LogP contribution in [0.1, 0.15) is 0 Å². The van der Waals surface area contributed by atoms with Crippen molar-refractivity contribution in [2.45, 2.75) is 0 Å². The maximum Gasteiger partial charge on any atom is 0.222 e. The molecule has 0 unspecified atom stereocenters. The monoisotopic (exact) mass is 265 g/mol. The lowest BCUT2D eigenvalue weighted by Gasteiger charge is -1.93. The summed E-state index contributed by atoms with van der Waals surface area (Å²) in [7, 11) is 1.83. The van der Waals surface area contributed by atoms with Crippen molar-refractivity contribution >= 4 is 39.9 Å². The molecule has 17 heavy (non-hydrogen) atoms. The first-order chi connectivity index (χ1) is 8.15. The molecule has 0 aromatic carbocycles. The average Bonchev–Trinajstić information content (AvgIpc) is 2.84. The molecule has 0 aliphatic carbocycles. The lowest BCUT2D eigenvalue weighted by Crippen LogP contribution is -1.97. The van der Waals surface area contributed by atoms with Gasteiger partial charge in [-0.25, -0.2) is 9.67 Å². The molecule has 2 N–H and O–H groups in total. The molecule has 0 saturated carbocycles. The average molecular weight is 266 g/mol. The number of thiophene rings is 1. The molecule has 0 aliphatic rings. The highest BCUT2D eigenvalue weighted by molar-refractivity contribution is 7.19. The Morgan fingerprint density at radius 2 is 2.24 bits per heavy atom. The van der Waals surface area contributed by atoms with Gasteiger partial charge in [0.15, 0.2) is 5.65 Å². The van der Waals surface area contributed by atoms with Gasteiger partial charge in [-0.05, 0) is 12.1 Å². The van der Waals surface area contributed by atoms with Crippen LogP contribution in [0.5, 0.6) is 0 Å². The first kappa shape index (κ1) is 10.5. The van der Waals surface area contributed by atoms with Gasteiger partial charge in [-0.3, -0.25) is 0 Å². The Hall–Kier alpha value is -1.66. The highest BCUT2D eigenvalue weighted by atomic mass is 35.5. The summed E-state index contributed by atoms with van der Waals surface area (Å²) in [4.78, 5) is 9.16. The van der Waals surface area contributed by atoms with Crippen molar-refractivity contribution in [2.75, 3.05) is 5.73 Å². The number of fused-ring (bicyclic) bond motifs is 1. The van der Waals surface area contributed by atoms with Crippen LogP contribution in [0.15, 0.2) is 18.3 Å². The zero-order chi connectivity index (χ0) is 12.0. The normalized spacial score (nSPS) is 11.2. The van der Waals surface area contributed by atoms with Crippen LogP contribution in [0, 0.1) is 0 Å². The quantitative estimate of drug-likeness (QED) is 0.733. The van der Waals surface area contributed by atoms with E-state index in [-0.39, 0.29) is 5.95 Å². The van der Waals surface area contributed by atoms with E-state index in [1.807, 2.05) is 19.2 Å².